The Balaban J connectivity index is 2.90. The van der Waals surface area contributed by atoms with Gasteiger partial charge in [-0.2, -0.15) is 0 Å². The second-order valence-corrected chi connectivity index (χ2v) is 3.65. The minimum atomic E-state index is -0.233. The van der Waals surface area contributed by atoms with Crippen molar-refractivity contribution in [1.29, 1.82) is 0 Å². The van der Waals surface area contributed by atoms with E-state index in [9.17, 15) is 4.79 Å². The highest BCUT2D eigenvalue weighted by atomic mass is 16.5. The monoisotopic (exact) mass is 192 g/mol. The van der Waals surface area contributed by atoms with Gasteiger partial charge in [0.25, 0.3) is 0 Å². The van der Waals surface area contributed by atoms with E-state index >= 15 is 0 Å². The van der Waals surface area contributed by atoms with Crippen LogP contribution in [0.3, 0.4) is 0 Å². The molecule has 1 aromatic carbocycles. The van der Waals surface area contributed by atoms with E-state index in [0.29, 0.717) is 6.61 Å². The van der Waals surface area contributed by atoms with Gasteiger partial charge in [-0.05, 0) is 37.5 Å². The molecular weight excluding hydrogens is 176 g/mol. The average Bonchev–Trinajstić information content (AvgIpc) is 2.08. The van der Waals surface area contributed by atoms with Crippen molar-refractivity contribution in [2.75, 3.05) is 0 Å². The highest BCUT2D eigenvalue weighted by Gasteiger charge is 2.04. The Hall–Kier alpha value is -1.31. The number of aryl methyl sites for hydroxylation is 2. The van der Waals surface area contributed by atoms with E-state index in [1.807, 2.05) is 13.8 Å². The Kier molecular flexibility index (Phi) is 3.28. The molecular formula is C12H16O2. The van der Waals surface area contributed by atoms with Crippen LogP contribution < -0.4 is 0 Å². The molecule has 0 amide bonds. The molecule has 1 rings (SSSR count). The molecule has 0 aromatic heterocycles. The first-order valence-electron chi connectivity index (χ1n) is 4.71. The van der Waals surface area contributed by atoms with Crippen LogP contribution in [0.5, 0.6) is 0 Å². The molecule has 0 radical (unpaired) electrons. The number of carbonyl (C=O) groups is 1. The van der Waals surface area contributed by atoms with Crippen LogP contribution in [0.4, 0.5) is 0 Å². The molecule has 0 atom stereocenters. The summed E-state index contributed by atoms with van der Waals surface area (Å²) in [6.07, 6.45) is 0. The van der Waals surface area contributed by atoms with Crippen molar-refractivity contribution in [1.82, 2.24) is 0 Å². The van der Waals surface area contributed by atoms with Gasteiger partial charge in [0, 0.05) is 6.92 Å². The zero-order chi connectivity index (χ0) is 10.7. The molecule has 0 unspecified atom stereocenters. The van der Waals surface area contributed by atoms with Crippen molar-refractivity contribution in [3.05, 3.63) is 34.4 Å². The summed E-state index contributed by atoms with van der Waals surface area (Å²) in [7, 11) is 0. The number of carbonyl (C=O) groups excluding carboxylic acids is 1. The van der Waals surface area contributed by atoms with Crippen LogP contribution in [-0.4, -0.2) is 5.97 Å². The van der Waals surface area contributed by atoms with E-state index in [0.717, 1.165) is 5.56 Å². The van der Waals surface area contributed by atoms with Gasteiger partial charge in [0.2, 0.25) is 0 Å². The van der Waals surface area contributed by atoms with Gasteiger partial charge in [0.1, 0.15) is 6.61 Å². The first kappa shape index (κ1) is 10.8. The average molecular weight is 192 g/mol. The highest BCUT2D eigenvalue weighted by molar-refractivity contribution is 5.66. The van der Waals surface area contributed by atoms with Gasteiger partial charge >= 0.3 is 5.97 Å². The van der Waals surface area contributed by atoms with Crippen molar-refractivity contribution in [3.8, 4) is 0 Å². The predicted octanol–water partition coefficient (Wildman–Crippen LogP) is 2.67. The lowest BCUT2D eigenvalue weighted by Crippen LogP contribution is -2.01. The van der Waals surface area contributed by atoms with E-state index in [2.05, 4.69) is 19.1 Å². The first-order valence-corrected chi connectivity index (χ1v) is 4.71. The number of hydrogen-bond acceptors (Lipinski definition) is 2. The second kappa shape index (κ2) is 4.27. The topological polar surface area (TPSA) is 26.3 Å². The third-order valence-electron chi connectivity index (χ3n) is 2.35. The van der Waals surface area contributed by atoms with Crippen LogP contribution in [-0.2, 0) is 16.1 Å². The Morgan fingerprint density at radius 2 is 1.93 bits per heavy atom. The van der Waals surface area contributed by atoms with E-state index in [4.69, 9.17) is 4.74 Å². The molecule has 14 heavy (non-hydrogen) atoms. The Labute approximate surface area is 84.9 Å². The largest absolute Gasteiger partial charge is 0.461 e. The molecule has 0 aliphatic carbocycles. The zero-order valence-electron chi connectivity index (χ0n) is 9.18. The molecule has 2 heteroatoms. The van der Waals surface area contributed by atoms with Gasteiger partial charge in [0.15, 0.2) is 0 Å². The summed E-state index contributed by atoms with van der Waals surface area (Å²) in [5, 5.41) is 0. The molecule has 0 aliphatic heterocycles. The summed E-state index contributed by atoms with van der Waals surface area (Å²) in [6, 6.07) is 4.19. The molecule has 0 spiro atoms. The zero-order valence-corrected chi connectivity index (χ0v) is 9.18. The van der Waals surface area contributed by atoms with Crippen molar-refractivity contribution in [2.24, 2.45) is 0 Å². The summed E-state index contributed by atoms with van der Waals surface area (Å²) in [5.41, 5.74) is 4.75. The SMILES string of the molecule is CC(=O)OCc1cc(C)cc(C)c1C. The molecule has 2 nitrogen and oxygen atoms in total. The predicted molar refractivity (Wildman–Crippen MR) is 56.1 cm³/mol. The number of benzene rings is 1. The van der Waals surface area contributed by atoms with E-state index < -0.39 is 0 Å². The van der Waals surface area contributed by atoms with Crippen molar-refractivity contribution < 1.29 is 9.53 Å². The molecule has 76 valence electrons. The molecule has 0 N–H and O–H groups in total. The molecule has 0 fully saturated rings. The molecule has 1 aromatic rings. The number of ether oxygens (including phenoxy) is 1. The molecule has 0 bridgehead atoms. The maximum absolute atomic E-state index is 10.7. The van der Waals surface area contributed by atoms with Crippen LogP contribution in [0.25, 0.3) is 0 Å². The lowest BCUT2D eigenvalue weighted by atomic mass is 10.0. The fraction of sp³-hybridized carbons (Fsp3) is 0.417. The fourth-order valence-corrected chi connectivity index (χ4v) is 1.46. The van der Waals surface area contributed by atoms with Crippen LogP contribution in [0.1, 0.15) is 29.2 Å². The number of esters is 1. The smallest absolute Gasteiger partial charge is 0.302 e. The van der Waals surface area contributed by atoms with Crippen molar-refractivity contribution >= 4 is 5.97 Å². The van der Waals surface area contributed by atoms with Crippen molar-refractivity contribution in [2.45, 2.75) is 34.3 Å². The Morgan fingerprint density at radius 1 is 1.29 bits per heavy atom. The number of rotatable bonds is 2. The molecule has 0 saturated heterocycles. The summed E-state index contributed by atoms with van der Waals surface area (Å²) in [4.78, 5) is 10.7. The fourth-order valence-electron chi connectivity index (χ4n) is 1.46. The van der Waals surface area contributed by atoms with E-state index in [1.54, 1.807) is 0 Å². The lowest BCUT2D eigenvalue weighted by Gasteiger charge is -2.10. The Morgan fingerprint density at radius 3 is 2.50 bits per heavy atom. The van der Waals surface area contributed by atoms with Gasteiger partial charge in [-0.15, -0.1) is 0 Å². The third-order valence-corrected chi connectivity index (χ3v) is 2.35. The Bertz CT molecular complexity index is 354. The summed E-state index contributed by atoms with van der Waals surface area (Å²) in [5.74, 6) is -0.233. The first-order chi connectivity index (χ1) is 6.50. The minimum absolute atomic E-state index is 0.233. The third kappa shape index (κ3) is 2.59. The van der Waals surface area contributed by atoms with Gasteiger partial charge in [0.05, 0.1) is 0 Å². The lowest BCUT2D eigenvalue weighted by molar-refractivity contribution is -0.142. The van der Waals surface area contributed by atoms with Gasteiger partial charge < -0.3 is 4.74 Å². The van der Waals surface area contributed by atoms with Crippen LogP contribution in [0.2, 0.25) is 0 Å². The highest BCUT2D eigenvalue weighted by Crippen LogP contribution is 2.16. The van der Waals surface area contributed by atoms with Crippen LogP contribution in [0.15, 0.2) is 12.1 Å². The van der Waals surface area contributed by atoms with Gasteiger partial charge in [-0.25, -0.2) is 0 Å². The normalized spacial score (nSPS) is 10.0. The minimum Gasteiger partial charge on any atom is -0.461 e. The van der Waals surface area contributed by atoms with E-state index in [1.165, 1.54) is 23.6 Å². The maximum atomic E-state index is 10.7. The summed E-state index contributed by atoms with van der Waals surface area (Å²) >= 11 is 0. The second-order valence-electron chi connectivity index (χ2n) is 3.65. The van der Waals surface area contributed by atoms with Crippen LogP contribution >= 0.6 is 0 Å². The van der Waals surface area contributed by atoms with Crippen molar-refractivity contribution in [3.63, 3.8) is 0 Å². The van der Waals surface area contributed by atoms with Gasteiger partial charge in [-0.1, -0.05) is 17.7 Å². The summed E-state index contributed by atoms with van der Waals surface area (Å²) in [6.45, 7) is 7.97. The molecule has 0 saturated carbocycles. The van der Waals surface area contributed by atoms with Gasteiger partial charge in [-0.3, -0.25) is 4.79 Å². The quantitative estimate of drug-likeness (QED) is 0.673. The molecule has 0 aliphatic rings. The molecule has 0 heterocycles. The standard InChI is InChI=1S/C12H16O2/c1-8-5-9(2)10(3)12(6-8)7-14-11(4)13/h5-6H,7H2,1-4H3. The number of hydrogen-bond donors (Lipinski definition) is 0. The maximum Gasteiger partial charge on any atom is 0.302 e. The summed E-state index contributed by atoms with van der Waals surface area (Å²) < 4.78 is 4.98. The van der Waals surface area contributed by atoms with Crippen LogP contribution in [0, 0.1) is 20.8 Å². The van der Waals surface area contributed by atoms with E-state index in [-0.39, 0.29) is 5.97 Å².